The summed E-state index contributed by atoms with van der Waals surface area (Å²) in [6.07, 6.45) is 2.91. The van der Waals surface area contributed by atoms with Crippen molar-refractivity contribution in [3.8, 4) is 11.5 Å². The third-order valence-electron chi connectivity index (χ3n) is 11.1. The first-order chi connectivity index (χ1) is 24.0. The Labute approximate surface area is 303 Å². The van der Waals surface area contributed by atoms with Gasteiger partial charge in [0, 0.05) is 60.3 Å². The zero-order valence-corrected chi connectivity index (χ0v) is 34.2. The normalized spacial score (nSPS) is 21.5. The summed E-state index contributed by atoms with van der Waals surface area (Å²) in [4.78, 5) is 22.2. The van der Waals surface area contributed by atoms with Crippen LogP contribution in [0.2, 0.25) is 51.4 Å². The smallest absolute Gasteiger partial charge is 0.244 e. The Kier molecular flexibility index (Phi) is 11.0. The number of benzene rings is 1. The van der Waals surface area contributed by atoms with E-state index in [1.165, 1.54) is 11.0 Å². The number of nitrogens with zero attached hydrogens (tertiary/aromatic N) is 6. The van der Waals surface area contributed by atoms with Crippen LogP contribution in [0.5, 0.6) is 0 Å². The zero-order chi connectivity index (χ0) is 36.9. The van der Waals surface area contributed by atoms with E-state index < -0.39 is 33.8 Å². The quantitative estimate of drug-likeness (QED) is 0.122. The van der Waals surface area contributed by atoms with Gasteiger partial charge in [0.15, 0.2) is 17.5 Å². The summed E-state index contributed by atoms with van der Waals surface area (Å²) in [5.41, 5.74) is 3.33. The molecule has 6 rings (SSSR count). The lowest BCUT2D eigenvalue weighted by Gasteiger charge is -2.34. The minimum absolute atomic E-state index is 0.00595. The molecule has 1 aromatic carbocycles. The molecule has 0 unspecified atom stereocenters. The average molecular weight is 745 g/mol. The number of anilines is 1. The second-order valence-corrected chi connectivity index (χ2v) is 28.8. The Balaban J connectivity index is 1.41. The van der Waals surface area contributed by atoms with Crippen LogP contribution in [0.25, 0.3) is 22.6 Å². The van der Waals surface area contributed by atoms with Crippen molar-refractivity contribution in [2.45, 2.75) is 111 Å². The summed E-state index contributed by atoms with van der Waals surface area (Å²) in [6, 6.07) is 2.99. The number of fused-ring (bicyclic) bond motifs is 3. The number of amides is 1. The molecule has 3 aliphatic rings. The van der Waals surface area contributed by atoms with Crippen molar-refractivity contribution in [3.05, 3.63) is 29.0 Å². The fraction of sp³-hybridized carbons (Fsp3) is 0.703. The Morgan fingerprint density at radius 2 is 1.71 bits per heavy atom. The number of hydrogen-bond donors (Lipinski definition) is 0. The number of aromatic nitrogens is 4. The maximum Gasteiger partial charge on any atom is 0.244 e. The second kappa shape index (κ2) is 14.7. The van der Waals surface area contributed by atoms with E-state index in [0.29, 0.717) is 63.7 Å². The van der Waals surface area contributed by atoms with Gasteiger partial charge in [0.2, 0.25) is 5.91 Å². The number of halogens is 2. The molecule has 0 bridgehead atoms. The van der Waals surface area contributed by atoms with E-state index in [2.05, 4.69) is 46.2 Å². The van der Waals surface area contributed by atoms with Crippen molar-refractivity contribution in [3.63, 3.8) is 0 Å². The Morgan fingerprint density at radius 3 is 2.33 bits per heavy atom. The molecule has 14 heteroatoms. The van der Waals surface area contributed by atoms with Crippen molar-refractivity contribution in [2.75, 3.05) is 51.0 Å². The molecule has 10 nitrogen and oxygen atoms in total. The van der Waals surface area contributed by atoms with Crippen LogP contribution < -0.4 is 4.90 Å². The number of hydrogen-bond acceptors (Lipinski definition) is 7. The van der Waals surface area contributed by atoms with Gasteiger partial charge in [-0.15, -0.1) is 0 Å². The van der Waals surface area contributed by atoms with E-state index in [1.54, 1.807) is 11.5 Å². The van der Waals surface area contributed by atoms with Crippen LogP contribution in [-0.4, -0.2) is 98.4 Å². The van der Waals surface area contributed by atoms with Gasteiger partial charge >= 0.3 is 0 Å². The maximum absolute atomic E-state index is 16.5. The summed E-state index contributed by atoms with van der Waals surface area (Å²) in [5, 5.41) is 5.11. The molecule has 0 radical (unpaired) electrons. The molecule has 1 aliphatic heterocycles. The van der Waals surface area contributed by atoms with Crippen LogP contribution in [0.3, 0.4) is 0 Å². The topological polar surface area (TPSA) is 86.9 Å². The first-order valence-corrected chi connectivity index (χ1v) is 26.2. The lowest BCUT2D eigenvalue weighted by atomic mass is 9.87. The Morgan fingerprint density at radius 1 is 1.06 bits per heavy atom. The molecule has 1 amide bonds. The third-order valence-corrected chi connectivity index (χ3v) is 14.5. The van der Waals surface area contributed by atoms with Crippen molar-refractivity contribution < 1.29 is 27.8 Å². The zero-order valence-electron chi connectivity index (χ0n) is 32.2. The molecule has 3 atom stereocenters. The molecule has 51 heavy (non-hydrogen) atoms. The van der Waals surface area contributed by atoms with Gasteiger partial charge in [0.1, 0.15) is 24.7 Å². The number of imidazole rings is 1. The van der Waals surface area contributed by atoms with Gasteiger partial charge in [-0.3, -0.25) is 14.3 Å². The minimum atomic E-state index is -1.40. The molecule has 0 N–H and O–H groups in total. The highest BCUT2D eigenvalue weighted by Crippen LogP contribution is 2.60. The number of morpholine rings is 1. The highest BCUT2D eigenvalue weighted by atomic mass is 28.3. The van der Waals surface area contributed by atoms with Gasteiger partial charge in [-0.2, -0.15) is 5.10 Å². The van der Waals surface area contributed by atoms with Crippen LogP contribution in [0, 0.1) is 23.0 Å². The molecular formula is C37H58F2N6O4Si2. The predicted molar refractivity (Wildman–Crippen MR) is 203 cm³/mol. The van der Waals surface area contributed by atoms with E-state index >= 15 is 8.78 Å². The van der Waals surface area contributed by atoms with Crippen LogP contribution in [0.4, 0.5) is 14.5 Å². The number of rotatable bonds is 15. The van der Waals surface area contributed by atoms with Crippen molar-refractivity contribution >= 4 is 38.8 Å². The molecule has 3 aromatic rings. The van der Waals surface area contributed by atoms with E-state index in [0.717, 1.165) is 42.6 Å². The predicted octanol–water partition coefficient (Wildman–Crippen LogP) is 7.00. The summed E-state index contributed by atoms with van der Waals surface area (Å²) in [6.45, 7) is 23.7. The number of carbonyl (C=O) groups excluding carboxylic acids is 1. The SMILES string of the molecule is CCN(C(=O)[C@H](C)N1CCOCC1)c1cc2nc(-c3nn(COCC[Si](C)(C)C)c4c3C[C@@H]3C[C@]3(C)C4)n(COCC[Si](C)(C)C)c2c(F)c1F. The summed E-state index contributed by atoms with van der Waals surface area (Å²) in [5.74, 6) is -1.40. The molecule has 2 fully saturated rings. The summed E-state index contributed by atoms with van der Waals surface area (Å²) in [7, 11) is -2.67. The monoisotopic (exact) mass is 744 g/mol. The summed E-state index contributed by atoms with van der Waals surface area (Å²) >= 11 is 0. The minimum Gasteiger partial charge on any atom is -0.379 e. The molecule has 282 valence electrons. The van der Waals surface area contributed by atoms with E-state index in [-0.39, 0.29) is 41.3 Å². The molecule has 2 aliphatic carbocycles. The van der Waals surface area contributed by atoms with Crippen molar-refractivity contribution in [1.82, 2.24) is 24.2 Å². The fourth-order valence-corrected chi connectivity index (χ4v) is 8.98. The largest absolute Gasteiger partial charge is 0.379 e. The average Bonchev–Trinajstić information content (AvgIpc) is 3.43. The second-order valence-electron chi connectivity index (χ2n) is 17.6. The van der Waals surface area contributed by atoms with Crippen LogP contribution in [0.1, 0.15) is 38.4 Å². The van der Waals surface area contributed by atoms with Crippen LogP contribution in [-0.2, 0) is 45.3 Å². The van der Waals surface area contributed by atoms with Crippen molar-refractivity contribution in [1.29, 1.82) is 0 Å². The fourth-order valence-electron chi connectivity index (χ4n) is 7.47. The van der Waals surface area contributed by atoms with Gasteiger partial charge in [-0.05, 0) is 62.6 Å². The molecule has 0 spiro atoms. The molecular weight excluding hydrogens is 687 g/mol. The van der Waals surface area contributed by atoms with E-state index in [1.807, 2.05) is 16.5 Å². The lowest BCUT2D eigenvalue weighted by Crippen LogP contribution is -2.51. The van der Waals surface area contributed by atoms with Gasteiger partial charge in [0.25, 0.3) is 0 Å². The molecule has 1 saturated heterocycles. The number of ether oxygens (including phenoxy) is 3. The highest BCUT2D eigenvalue weighted by Gasteiger charge is 2.54. The molecule has 1 saturated carbocycles. The Bertz CT molecular complexity index is 1750. The van der Waals surface area contributed by atoms with Crippen LogP contribution >= 0.6 is 0 Å². The van der Waals surface area contributed by atoms with E-state index in [9.17, 15) is 4.79 Å². The van der Waals surface area contributed by atoms with Gasteiger partial charge in [0.05, 0.1) is 30.5 Å². The van der Waals surface area contributed by atoms with Crippen LogP contribution in [0.15, 0.2) is 6.07 Å². The van der Waals surface area contributed by atoms with Crippen molar-refractivity contribution in [2.24, 2.45) is 11.3 Å². The highest BCUT2D eigenvalue weighted by molar-refractivity contribution is 6.76. The van der Waals surface area contributed by atoms with Gasteiger partial charge in [-0.1, -0.05) is 46.2 Å². The standard InChI is InChI=1S/C37H58F2N6O4Si2/c1-10-43(36(46)25(2)42-11-13-47-14-12-42)29-20-28-34(32(39)31(29)38)44(23-48-15-17-50(4,5)6)35(40-28)33-27-19-26-21-37(26,3)22-30(27)45(41-33)24-49-16-18-51(7,8)9/h20,25-26H,10-19,21-24H2,1-9H3/t25-,26+,37+/m0/s1. The lowest BCUT2D eigenvalue weighted by molar-refractivity contribution is -0.124. The van der Waals surface area contributed by atoms with Gasteiger partial charge < -0.3 is 19.1 Å². The third kappa shape index (κ3) is 8.20. The number of likely N-dealkylation sites (N-methyl/N-ethyl adjacent to an activating group) is 1. The summed E-state index contributed by atoms with van der Waals surface area (Å²) < 4.78 is 54.3. The number of carbonyl (C=O) groups is 1. The molecule has 3 heterocycles. The first kappa shape index (κ1) is 38.2. The van der Waals surface area contributed by atoms with Gasteiger partial charge in [-0.25, -0.2) is 18.4 Å². The molecule has 2 aromatic heterocycles. The first-order valence-electron chi connectivity index (χ1n) is 18.8. The Hall–Kier alpha value is -2.50. The maximum atomic E-state index is 16.5. The van der Waals surface area contributed by atoms with E-state index in [4.69, 9.17) is 24.3 Å².